The van der Waals surface area contributed by atoms with E-state index in [0.717, 1.165) is 22.3 Å². The van der Waals surface area contributed by atoms with Gasteiger partial charge in [0.15, 0.2) is 5.78 Å². The number of pyridine rings is 1. The Kier molecular flexibility index (Phi) is 6.51. The third kappa shape index (κ3) is 4.91. The molecule has 1 fully saturated rings. The average Bonchev–Trinajstić information content (AvgIpc) is 3.16. The molecule has 1 aliphatic carbocycles. The number of nitrogens with zero attached hydrogens (tertiary/aromatic N) is 3. The van der Waals surface area contributed by atoms with Crippen molar-refractivity contribution in [2.45, 2.75) is 0 Å². The molecule has 0 amide bonds. The number of Topliss-reactive ketones (excluding diaryl/α,β-unsaturated/α-hetero) is 1. The summed E-state index contributed by atoms with van der Waals surface area (Å²) in [5.74, 6) is 0.612. The van der Waals surface area contributed by atoms with Crippen molar-refractivity contribution in [3.05, 3.63) is 95.3 Å². The van der Waals surface area contributed by atoms with Crippen molar-refractivity contribution in [2.75, 3.05) is 45.6 Å². The smallest absolute Gasteiger partial charge is 0.211 e. The van der Waals surface area contributed by atoms with Crippen molar-refractivity contribution >= 4 is 27.0 Å². The number of carbonyl (C=O) groups is 1. The van der Waals surface area contributed by atoms with Crippen LogP contribution >= 0.6 is 0 Å². The van der Waals surface area contributed by atoms with Crippen LogP contribution in [0.5, 0.6) is 5.75 Å². The van der Waals surface area contributed by atoms with Crippen LogP contribution in [0.4, 0.5) is 0 Å². The Bertz CT molecular complexity index is 1360. The van der Waals surface area contributed by atoms with Gasteiger partial charge in [-0.25, -0.2) is 8.42 Å². The molecule has 2 aromatic carbocycles. The Labute approximate surface area is 205 Å². The molecule has 7 nitrogen and oxygen atoms in total. The highest BCUT2D eigenvalue weighted by molar-refractivity contribution is 7.88. The summed E-state index contributed by atoms with van der Waals surface area (Å²) < 4.78 is 30.9. The fourth-order valence-electron chi connectivity index (χ4n) is 4.67. The molecule has 1 aromatic heterocycles. The van der Waals surface area contributed by atoms with E-state index in [1.54, 1.807) is 12.4 Å². The summed E-state index contributed by atoms with van der Waals surface area (Å²) in [5, 5.41) is 0. The van der Waals surface area contributed by atoms with Crippen LogP contribution < -0.4 is 4.74 Å². The monoisotopic (exact) mass is 489 g/mol. The summed E-state index contributed by atoms with van der Waals surface area (Å²) in [6, 6.07) is 19.4. The van der Waals surface area contributed by atoms with Crippen LogP contribution in [0.1, 0.15) is 27.0 Å². The van der Waals surface area contributed by atoms with E-state index in [1.807, 2.05) is 60.7 Å². The molecule has 3 aromatic rings. The Morgan fingerprint density at radius 1 is 0.886 bits per heavy atom. The minimum Gasteiger partial charge on any atom is -0.492 e. The molecular weight excluding hydrogens is 462 g/mol. The van der Waals surface area contributed by atoms with Crippen molar-refractivity contribution < 1.29 is 17.9 Å². The summed E-state index contributed by atoms with van der Waals surface area (Å²) in [6.45, 7) is 3.50. The summed E-state index contributed by atoms with van der Waals surface area (Å²) in [5.41, 5.74) is 4.86. The predicted molar refractivity (Wildman–Crippen MR) is 136 cm³/mol. The summed E-state index contributed by atoms with van der Waals surface area (Å²) in [7, 11) is -3.14. The molecule has 5 rings (SSSR count). The maximum absolute atomic E-state index is 13.6. The van der Waals surface area contributed by atoms with E-state index < -0.39 is 10.0 Å². The molecule has 0 unspecified atom stereocenters. The van der Waals surface area contributed by atoms with Gasteiger partial charge in [-0.3, -0.25) is 14.7 Å². The maximum Gasteiger partial charge on any atom is 0.211 e. The lowest BCUT2D eigenvalue weighted by atomic mass is 9.95. The summed E-state index contributed by atoms with van der Waals surface area (Å²) in [6.07, 6.45) is 4.67. The fraction of sp³-hybridized carbons (Fsp3) is 0.259. The summed E-state index contributed by atoms with van der Waals surface area (Å²) >= 11 is 0. The van der Waals surface area contributed by atoms with Gasteiger partial charge in [-0.15, -0.1) is 0 Å². The third-order valence-corrected chi connectivity index (χ3v) is 7.77. The second kappa shape index (κ2) is 9.73. The molecule has 1 saturated heterocycles. The van der Waals surface area contributed by atoms with Crippen LogP contribution in [-0.4, -0.2) is 74.0 Å². The van der Waals surface area contributed by atoms with E-state index >= 15 is 0 Å². The number of ketones is 1. The first kappa shape index (κ1) is 23.4. The Morgan fingerprint density at radius 3 is 2.31 bits per heavy atom. The zero-order valence-electron chi connectivity index (χ0n) is 19.6. The number of allylic oxidation sites excluding steroid dienone is 1. The van der Waals surface area contributed by atoms with Crippen LogP contribution in [0.2, 0.25) is 0 Å². The van der Waals surface area contributed by atoms with Gasteiger partial charge in [0.1, 0.15) is 12.4 Å². The van der Waals surface area contributed by atoms with Gasteiger partial charge in [0, 0.05) is 67.4 Å². The molecule has 2 heterocycles. The average molecular weight is 490 g/mol. The van der Waals surface area contributed by atoms with E-state index in [2.05, 4.69) is 9.88 Å². The van der Waals surface area contributed by atoms with Gasteiger partial charge in [0.05, 0.1) is 6.26 Å². The highest BCUT2D eigenvalue weighted by atomic mass is 32.2. The van der Waals surface area contributed by atoms with E-state index in [1.165, 1.54) is 10.6 Å². The van der Waals surface area contributed by atoms with Gasteiger partial charge in [-0.05, 0) is 35.4 Å². The molecule has 0 N–H and O–H groups in total. The number of ether oxygens (including phenoxy) is 1. The molecule has 1 aliphatic heterocycles. The minimum absolute atomic E-state index is 0.0331. The second-order valence-electron chi connectivity index (χ2n) is 8.75. The lowest BCUT2D eigenvalue weighted by molar-refractivity contribution is 0.105. The SMILES string of the molecule is CS(=O)(=O)N1CCN(CCOc2ccc3c(c2)C(=O)C(c2cccnc2)=C3c2ccccc2)CC1. The van der Waals surface area contributed by atoms with Gasteiger partial charge < -0.3 is 4.74 Å². The van der Waals surface area contributed by atoms with Gasteiger partial charge in [0.2, 0.25) is 10.0 Å². The number of aromatic nitrogens is 1. The van der Waals surface area contributed by atoms with Crippen molar-refractivity contribution in [1.82, 2.24) is 14.2 Å². The number of benzene rings is 2. The predicted octanol–water partition coefficient (Wildman–Crippen LogP) is 3.19. The fourth-order valence-corrected chi connectivity index (χ4v) is 5.50. The largest absolute Gasteiger partial charge is 0.492 e. The molecule has 2 aliphatic rings. The number of sulfonamides is 1. The standard InChI is InChI=1S/C27H27N3O4S/c1-35(32,33)30-14-12-29(13-15-30)16-17-34-22-9-10-23-24(18-22)27(31)26(21-8-5-11-28-19-21)25(23)20-6-3-2-4-7-20/h2-11,18-19H,12-17H2,1H3. The molecule has 35 heavy (non-hydrogen) atoms. The zero-order chi connectivity index (χ0) is 24.4. The number of rotatable bonds is 7. The molecule has 0 radical (unpaired) electrons. The molecule has 0 saturated carbocycles. The number of piperazine rings is 1. The first-order valence-electron chi connectivity index (χ1n) is 11.6. The number of carbonyl (C=O) groups excluding carboxylic acids is 1. The highest BCUT2D eigenvalue weighted by Crippen LogP contribution is 2.43. The molecule has 0 atom stereocenters. The Morgan fingerprint density at radius 2 is 1.63 bits per heavy atom. The molecule has 0 bridgehead atoms. The van der Waals surface area contributed by atoms with Crippen LogP contribution in [-0.2, 0) is 10.0 Å². The first-order chi connectivity index (χ1) is 16.9. The topological polar surface area (TPSA) is 79.8 Å². The Hall–Kier alpha value is -3.33. The van der Waals surface area contributed by atoms with Crippen molar-refractivity contribution in [1.29, 1.82) is 0 Å². The van der Waals surface area contributed by atoms with Crippen molar-refractivity contribution in [2.24, 2.45) is 0 Å². The van der Waals surface area contributed by atoms with E-state index in [9.17, 15) is 13.2 Å². The lowest BCUT2D eigenvalue weighted by Crippen LogP contribution is -2.49. The molecule has 8 heteroatoms. The lowest BCUT2D eigenvalue weighted by Gasteiger charge is -2.33. The normalized spacial score (nSPS) is 17.0. The summed E-state index contributed by atoms with van der Waals surface area (Å²) in [4.78, 5) is 20.0. The van der Waals surface area contributed by atoms with E-state index in [4.69, 9.17) is 4.74 Å². The number of hydrogen-bond donors (Lipinski definition) is 0. The van der Waals surface area contributed by atoms with Crippen LogP contribution in [0.25, 0.3) is 11.1 Å². The molecular formula is C27H27N3O4S. The van der Waals surface area contributed by atoms with Crippen molar-refractivity contribution in [3.63, 3.8) is 0 Å². The number of hydrogen-bond acceptors (Lipinski definition) is 6. The minimum atomic E-state index is -3.14. The Balaban J connectivity index is 1.32. The highest BCUT2D eigenvalue weighted by Gasteiger charge is 2.32. The zero-order valence-corrected chi connectivity index (χ0v) is 20.4. The van der Waals surface area contributed by atoms with Gasteiger partial charge >= 0.3 is 0 Å². The quantitative estimate of drug-likeness (QED) is 0.507. The molecule has 0 spiro atoms. The number of fused-ring (bicyclic) bond motifs is 1. The first-order valence-corrected chi connectivity index (χ1v) is 13.5. The van der Waals surface area contributed by atoms with Crippen molar-refractivity contribution in [3.8, 4) is 5.75 Å². The van der Waals surface area contributed by atoms with Crippen LogP contribution in [0.15, 0.2) is 73.1 Å². The van der Waals surface area contributed by atoms with E-state index in [-0.39, 0.29) is 5.78 Å². The van der Waals surface area contributed by atoms with Gasteiger partial charge in [-0.2, -0.15) is 4.31 Å². The second-order valence-corrected chi connectivity index (χ2v) is 10.7. The van der Waals surface area contributed by atoms with E-state index in [0.29, 0.717) is 56.2 Å². The van der Waals surface area contributed by atoms with Crippen LogP contribution in [0, 0.1) is 0 Å². The molecule has 180 valence electrons. The third-order valence-electron chi connectivity index (χ3n) is 6.47. The van der Waals surface area contributed by atoms with Gasteiger partial charge in [0.25, 0.3) is 0 Å². The maximum atomic E-state index is 13.6. The van der Waals surface area contributed by atoms with Crippen LogP contribution in [0.3, 0.4) is 0 Å². The van der Waals surface area contributed by atoms with Gasteiger partial charge in [-0.1, -0.05) is 36.4 Å².